The van der Waals surface area contributed by atoms with Gasteiger partial charge in [0.2, 0.25) is 0 Å². The van der Waals surface area contributed by atoms with Crippen molar-refractivity contribution in [2.24, 2.45) is 0 Å². The van der Waals surface area contributed by atoms with Gasteiger partial charge in [0.25, 0.3) is 0 Å². The van der Waals surface area contributed by atoms with Gasteiger partial charge in [0, 0.05) is 5.70 Å². The monoisotopic (exact) mass is 396 g/mol. The van der Waals surface area contributed by atoms with Gasteiger partial charge in [-0.05, 0) is 46.5 Å². The molecule has 0 bridgehead atoms. The summed E-state index contributed by atoms with van der Waals surface area (Å²) in [7, 11) is 1.33. The Morgan fingerprint density at radius 1 is 1.33 bits per heavy atom. The number of allylic oxidation sites excluding steroid dienone is 1. The maximum absolute atomic E-state index is 12.2. The molecule has 0 fully saturated rings. The highest BCUT2D eigenvalue weighted by atomic mass is 79.9. The summed E-state index contributed by atoms with van der Waals surface area (Å²) in [5.74, 6) is 0.256. The molecule has 2 rings (SSSR count). The van der Waals surface area contributed by atoms with Crippen molar-refractivity contribution in [2.45, 2.75) is 32.7 Å². The highest BCUT2D eigenvalue weighted by molar-refractivity contribution is 9.10. The predicted molar refractivity (Wildman–Crippen MR) is 93.7 cm³/mol. The molecule has 0 saturated carbocycles. The van der Waals surface area contributed by atoms with Crippen molar-refractivity contribution >= 4 is 27.9 Å². The Bertz CT molecular complexity index is 673. The largest absolute Gasteiger partial charge is 0.492 e. The van der Waals surface area contributed by atoms with E-state index in [4.69, 9.17) is 9.47 Å². The fraction of sp³-hybridized carbons (Fsp3) is 0.412. The van der Waals surface area contributed by atoms with Crippen LogP contribution < -0.4 is 15.4 Å². The number of carbonyl (C=O) groups excluding carboxylic acids is 2. The number of benzene rings is 1. The van der Waals surface area contributed by atoms with Crippen LogP contribution in [0.25, 0.3) is 0 Å². The van der Waals surface area contributed by atoms with Crippen LogP contribution in [0, 0.1) is 0 Å². The second kappa shape index (κ2) is 8.19. The molecule has 130 valence electrons. The summed E-state index contributed by atoms with van der Waals surface area (Å²) >= 11 is 3.48. The Hall–Kier alpha value is -2.02. The maximum atomic E-state index is 12.2. The van der Waals surface area contributed by atoms with Gasteiger partial charge in [0.1, 0.15) is 5.75 Å². The molecule has 1 heterocycles. The van der Waals surface area contributed by atoms with Crippen LogP contribution in [0.15, 0.2) is 33.9 Å². The van der Waals surface area contributed by atoms with Crippen LogP contribution in [0.3, 0.4) is 0 Å². The number of halogens is 1. The van der Waals surface area contributed by atoms with Gasteiger partial charge < -0.3 is 20.1 Å². The summed E-state index contributed by atoms with van der Waals surface area (Å²) in [6.07, 6.45) is 1.43. The first-order valence-corrected chi connectivity index (χ1v) is 8.62. The standard InChI is InChI=1S/C17H21BrN2O4/c1-4-8-24-13-7-6-10(9-11(13)18)15-14(16(21)23-3)12(5-2)19-17(22)20-15/h6-7,9,15H,4-5,8H2,1-3H3,(H2,19,20,22). The number of hydrogen-bond acceptors (Lipinski definition) is 4. The summed E-state index contributed by atoms with van der Waals surface area (Å²) in [6, 6.07) is 4.59. The van der Waals surface area contributed by atoms with Crippen molar-refractivity contribution in [3.8, 4) is 5.75 Å². The van der Waals surface area contributed by atoms with Crippen LogP contribution in [-0.4, -0.2) is 25.7 Å². The zero-order valence-corrected chi connectivity index (χ0v) is 15.5. The molecule has 0 spiro atoms. The molecule has 0 aromatic heterocycles. The van der Waals surface area contributed by atoms with Crippen LogP contribution in [0.4, 0.5) is 4.79 Å². The second-order valence-electron chi connectivity index (χ2n) is 5.31. The fourth-order valence-corrected chi connectivity index (χ4v) is 3.03. The molecule has 0 radical (unpaired) electrons. The number of amides is 2. The zero-order chi connectivity index (χ0) is 17.7. The first-order chi connectivity index (χ1) is 11.5. The maximum Gasteiger partial charge on any atom is 0.337 e. The van der Waals surface area contributed by atoms with E-state index in [9.17, 15) is 9.59 Å². The molecule has 0 saturated heterocycles. The number of nitrogens with one attached hydrogen (secondary N) is 2. The Kier molecular flexibility index (Phi) is 6.25. The second-order valence-corrected chi connectivity index (χ2v) is 6.16. The number of carbonyl (C=O) groups is 2. The van der Waals surface area contributed by atoms with E-state index >= 15 is 0 Å². The van der Waals surface area contributed by atoms with Crippen molar-refractivity contribution in [3.05, 3.63) is 39.5 Å². The molecular weight excluding hydrogens is 376 g/mol. The Morgan fingerprint density at radius 3 is 2.67 bits per heavy atom. The van der Waals surface area contributed by atoms with Crippen molar-refractivity contribution in [1.82, 2.24) is 10.6 Å². The van der Waals surface area contributed by atoms with Crippen molar-refractivity contribution < 1.29 is 19.1 Å². The third-order valence-electron chi connectivity index (χ3n) is 3.66. The van der Waals surface area contributed by atoms with Gasteiger partial charge in [-0.1, -0.05) is 19.9 Å². The lowest BCUT2D eigenvalue weighted by molar-refractivity contribution is -0.136. The average Bonchev–Trinajstić information content (AvgIpc) is 2.59. The van der Waals surface area contributed by atoms with Gasteiger partial charge in [0.15, 0.2) is 0 Å². The van der Waals surface area contributed by atoms with Gasteiger partial charge in [-0.2, -0.15) is 0 Å². The minimum absolute atomic E-state index is 0.341. The van der Waals surface area contributed by atoms with Crippen LogP contribution in [0.1, 0.15) is 38.3 Å². The summed E-state index contributed by atoms with van der Waals surface area (Å²) in [6.45, 7) is 4.53. The lowest BCUT2D eigenvalue weighted by Gasteiger charge is -2.29. The van der Waals surface area contributed by atoms with Crippen LogP contribution >= 0.6 is 15.9 Å². The van der Waals surface area contributed by atoms with E-state index in [1.54, 1.807) is 0 Å². The molecular formula is C17H21BrN2O4. The van der Waals surface area contributed by atoms with Gasteiger partial charge in [-0.15, -0.1) is 0 Å². The van der Waals surface area contributed by atoms with Crippen molar-refractivity contribution in [3.63, 3.8) is 0 Å². The number of urea groups is 1. The Labute approximate surface area is 149 Å². The normalized spacial score (nSPS) is 17.2. The molecule has 1 aliphatic rings. The van der Waals surface area contributed by atoms with Crippen LogP contribution in [-0.2, 0) is 9.53 Å². The molecule has 1 aromatic rings. The van der Waals surface area contributed by atoms with E-state index in [-0.39, 0.29) is 6.03 Å². The SMILES string of the molecule is CCCOc1ccc(C2NC(=O)NC(CC)=C2C(=O)OC)cc1Br. The van der Waals surface area contributed by atoms with E-state index in [0.717, 1.165) is 22.2 Å². The fourth-order valence-electron chi connectivity index (χ4n) is 2.52. The number of rotatable bonds is 6. The Morgan fingerprint density at radius 2 is 2.08 bits per heavy atom. The van der Waals surface area contributed by atoms with Crippen molar-refractivity contribution in [1.29, 1.82) is 0 Å². The summed E-state index contributed by atoms with van der Waals surface area (Å²) in [5.41, 5.74) is 1.75. The number of esters is 1. The molecule has 7 heteroatoms. The van der Waals surface area contributed by atoms with Gasteiger partial charge in [0.05, 0.1) is 29.8 Å². The number of methoxy groups -OCH3 is 1. The van der Waals surface area contributed by atoms with Gasteiger partial charge >= 0.3 is 12.0 Å². The molecule has 1 aliphatic heterocycles. The summed E-state index contributed by atoms with van der Waals surface area (Å²) < 4.78 is 11.3. The smallest absolute Gasteiger partial charge is 0.337 e. The Balaban J connectivity index is 2.42. The van der Waals surface area contributed by atoms with Gasteiger partial charge in [-0.3, -0.25) is 0 Å². The van der Waals surface area contributed by atoms with Crippen molar-refractivity contribution in [2.75, 3.05) is 13.7 Å². The van der Waals surface area contributed by atoms with E-state index in [1.807, 2.05) is 32.0 Å². The third-order valence-corrected chi connectivity index (χ3v) is 4.28. The minimum Gasteiger partial charge on any atom is -0.492 e. The molecule has 0 aliphatic carbocycles. The number of ether oxygens (including phenoxy) is 2. The molecule has 2 amide bonds. The zero-order valence-electron chi connectivity index (χ0n) is 13.9. The van der Waals surface area contributed by atoms with E-state index in [1.165, 1.54) is 7.11 Å². The molecule has 1 unspecified atom stereocenters. The minimum atomic E-state index is -0.572. The summed E-state index contributed by atoms with van der Waals surface area (Å²) in [4.78, 5) is 24.1. The lowest BCUT2D eigenvalue weighted by Crippen LogP contribution is -2.45. The number of hydrogen-bond donors (Lipinski definition) is 2. The van der Waals surface area contributed by atoms with Crippen LogP contribution in [0.2, 0.25) is 0 Å². The van der Waals surface area contributed by atoms with Crippen LogP contribution in [0.5, 0.6) is 5.75 Å². The van der Waals surface area contributed by atoms with E-state index in [2.05, 4.69) is 26.6 Å². The quantitative estimate of drug-likeness (QED) is 0.722. The molecule has 24 heavy (non-hydrogen) atoms. The molecule has 1 aromatic carbocycles. The average molecular weight is 397 g/mol. The summed E-state index contributed by atoms with van der Waals surface area (Å²) in [5, 5.41) is 5.46. The predicted octanol–water partition coefficient (Wildman–Crippen LogP) is 3.43. The first-order valence-electron chi connectivity index (χ1n) is 7.82. The topological polar surface area (TPSA) is 76.7 Å². The van der Waals surface area contributed by atoms with E-state index < -0.39 is 12.0 Å². The van der Waals surface area contributed by atoms with Gasteiger partial charge in [-0.25, -0.2) is 9.59 Å². The highest BCUT2D eigenvalue weighted by Crippen LogP contribution is 2.33. The lowest BCUT2D eigenvalue weighted by atomic mass is 9.94. The molecule has 1 atom stereocenters. The third kappa shape index (κ3) is 3.90. The first kappa shape index (κ1) is 18.3. The molecule has 6 nitrogen and oxygen atoms in total. The highest BCUT2D eigenvalue weighted by Gasteiger charge is 2.33. The van der Waals surface area contributed by atoms with E-state index in [0.29, 0.717) is 24.3 Å². The molecule has 2 N–H and O–H groups in total.